The van der Waals surface area contributed by atoms with Crippen molar-refractivity contribution in [3.8, 4) is 5.75 Å². The number of methoxy groups -OCH3 is 1. The van der Waals surface area contributed by atoms with Crippen LogP contribution in [0.5, 0.6) is 5.75 Å². The van der Waals surface area contributed by atoms with Gasteiger partial charge in [-0.3, -0.25) is 5.32 Å². The Morgan fingerprint density at radius 1 is 1.26 bits per heavy atom. The van der Waals surface area contributed by atoms with Gasteiger partial charge in [0.25, 0.3) is 0 Å². The molecule has 0 spiro atoms. The van der Waals surface area contributed by atoms with E-state index in [2.05, 4.69) is 28.3 Å². The van der Waals surface area contributed by atoms with Gasteiger partial charge in [-0.05, 0) is 49.4 Å². The van der Waals surface area contributed by atoms with Gasteiger partial charge in [-0.15, -0.1) is 0 Å². The Kier molecular flexibility index (Phi) is 3.88. The Hall–Kier alpha value is -1.77. The van der Waals surface area contributed by atoms with E-state index in [1.807, 2.05) is 12.1 Å². The number of piperidine rings is 1. The summed E-state index contributed by atoms with van der Waals surface area (Å²) >= 11 is 0. The summed E-state index contributed by atoms with van der Waals surface area (Å²) in [5.74, 6) is 4.93. The SMILES string of the molecule is COc1ccc(CN2C(=C=O)C3CCCC4CCNC2C43)cc1. The average Bonchev–Trinajstić information content (AvgIpc) is 2.91. The van der Waals surface area contributed by atoms with Crippen LogP contribution in [0.2, 0.25) is 0 Å². The van der Waals surface area contributed by atoms with Gasteiger partial charge in [0, 0.05) is 18.4 Å². The topological polar surface area (TPSA) is 41.6 Å². The van der Waals surface area contributed by atoms with Crippen molar-refractivity contribution in [2.75, 3.05) is 13.7 Å². The van der Waals surface area contributed by atoms with Crippen molar-refractivity contribution in [3.63, 3.8) is 0 Å². The van der Waals surface area contributed by atoms with E-state index in [0.717, 1.165) is 36.9 Å². The average molecular weight is 312 g/mol. The number of likely N-dealkylation sites (tertiary alicyclic amines) is 1. The van der Waals surface area contributed by atoms with Crippen LogP contribution in [0.25, 0.3) is 0 Å². The van der Waals surface area contributed by atoms with Crippen LogP contribution >= 0.6 is 0 Å². The summed E-state index contributed by atoms with van der Waals surface area (Å²) in [6.07, 6.45) is 5.27. The Labute approximate surface area is 137 Å². The predicted octanol–water partition coefficient (Wildman–Crippen LogP) is 2.58. The van der Waals surface area contributed by atoms with E-state index >= 15 is 0 Å². The van der Waals surface area contributed by atoms with Crippen molar-refractivity contribution in [2.45, 2.75) is 38.4 Å². The molecule has 4 unspecified atom stereocenters. The third kappa shape index (κ3) is 2.46. The fraction of sp³-hybridized carbons (Fsp3) is 0.579. The lowest BCUT2D eigenvalue weighted by atomic mass is 9.69. The highest BCUT2D eigenvalue weighted by Crippen LogP contribution is 2.50. The molecule has 3 aliphatic rings. The number of ether oxygens (including phenoxy) is 1. The molecule has 0 amide bonds. The minimum atomic E-state index is 0.303. The van der Waals surface area contributed by atoms with Crippen molar-refractivity contribution in [1.82, 2.24) is 10.2 Å². The van der Waals surface area contributed by atoms with Gasteiger partial charge < -0.3 is 9.64 Å². The summed E-state index contributed by atoms with van der Waals surface area (Å²) in [5, 5.41) is 3.67. The predicted molar refractivity (Wildman–Crippen MR) is 88.5 cm³/mol. The molecule has 0 aromatic heterocycles. The zero-order chi connectivity index (χ0) is 15.8. The highest BCUT2D eigenvalue weighted by molar-refractivity contribution is 5.54. The molecule has 2 aliphatic heterocycles. The van der Waals surface area contributed by atoms with Crippen LogP contribution in [-0.4, -0.2) is 30.7 Å². The summed E-state index contributed by atoms with van der Waals surface area (Å²) in [6.45, 7) is 1.83. The molecule has 2 saturated heterocycles. The van der Waals surface area contributed by atoms with Crippen LogP contribution in [-0.2, 0) is 11.3 Å². The number of carbonyl (C=O) groups excluding carboxylic acids is 1. The Morgan fingerprint density at radius 2 is 2.09 bits per heavy atom. The van der Waals surface area contributed by atoms with Gasteiger partial charge in [0.05, 0.1) is 13.3 Å². The fourth-order valence-corrected chi connectivity index (χ4v) is 4.93. The second-order valence-electron chi connectivity index (χ2n) is 7.03. The first-order chi connectivity index (χ1) is 11.3. The second kappa shape index (κ2) is 6.03. The first-order valence-corrected chi connectivity index (χ1v) is 8.70. The van der Waals surface area contributed by atoms with E-state index in [1.165, 1.54) is 24.8 Å². The normalized spacial score (nSPS) is 32.4. The van der Waals surface area contributed by atoms with Crippen molar-refractivity contribution < 1.29 is 9.53 Å². The summed E-state index contributed by atoms with van der Waals surface area (Å²) in [5.41, 5.74) is 2.11. The number of benzene rings is 1. The molecule has 3 fully saturated rings. The lowest BCUT2D eigenvalue weighted by molar-refractivity contribution is 0.0829. The zero-order valence-corrected chi connectivity index (χ0v) is 13.6. The van der Waals surface area contributed by atoms with E-state index in [9.17, 15) is 4.79 Å². The molecule has 4 atom stereocenters. The summed E-state index contributed by atoms with van der Waals surface area (Å²) in [7, 11) is 1.68. The van der Waals surface area contributed by atoms with Gasteiger partial charge in [-0.2, -0.15) is 0 Å². The molecule has 1 aliphatic carbocycles. The fourth-order valence-electron chi connectivity index (χ4n) is 4.93. The minimum absolute atomic E-state index is 0.303. The number of hydrogen-bond acceptors (Lipinski definition) is 4. The van der Waals surface area contributed by atoms with Crippen LogP contribution in [0.3, 0.4) is 0 Å². The lowest BCUT2D eigenvalue weighted by Gasteiger charge is -2.41. The molecular formula is C19H24N2O2. The highest BCUT2D eigenvalue weighted by Gasteiger charge is 2.51. The molecule has 2 heterocycles. The largest absolute Gasteiger partial charge is 0.497 e. The van der Waals surface area contributed by atoms with Crippen molar-refractivity contribution >= 4 is 5.94 Å². The van der Waals surface area contributed by atoms with E-state index in [4.69, 9.17) is 4.74 Å². The van der Waals surface area contributed by atoms with Crippen molar-refractivity contribution in [2.24, 2.45) is 17.8 Å². The van der Waals surface area contributed by atoms with E-state index in [0.29, 0.717) is 18.0 Å². The number of rotatable bonds is 3. The molecule has 4 nitrogen and oxygen atoms in total. The molecule has 122 valence electrons. The lowest BCUT2D eigenvalue weighted by Crippen LogP contribution is -2.51. The van der Waals surface area contributed by atoms with Crippen LogP contribution in [0.15, 0.2) is 30.0 Å². The van der Waals surface area contributed by atoms with Gasteiger partial charge in [-0.1, -0.05) is 18.6 Å². The van der Waals surface area contributed by atoms with E-state index < -0.39 is 0 Å². The highest BCUT2D eigenvalue weighted by atomic mass is 16.5. The Bertz CT molecular complexity index is 619. The molecule has 1 aromatic carbocycles. The van der Waals surface area contributed by atoms with Gasteiger partial charge in [0.2, 0.25) is 0 Å². The second-order valence-corrected chi connectivity index (χ2v) is 7.03. The third-order valence-electron chi connectivity index (χ3n) is 5.95. The monoisotopic (exact) mass is 312 g/mol. The van der Waals surface area contributed by atoms with Crippen LogP contribution in [0.4, 0.5) is 0 Å². The molecule has 4 heteroatoms. The van der Waals surface area contributed by atoms with Gasteiger partial charge >= 0.3 is 0 Å². The Balaban J connectivity index is 1.62. The van der Waals surface area contributed by atoms with Crippen molar-refractivity contribution in [1.29, 1.82) is 0 Å². The van der Waals surface area contributed by atoms with Crippen molar-refractivity contribution in [3.05, 3.63) is 35.5 Å². The maximum absolute atomic E-state index is 11.7. The smallest absolute Gasteiger partial charge is 0.146 e. The maximum Gasteiger partial charge on any atom is 0.146 e. The summed E-state index contributed by atoms with van der Waals surface area (Å²) < 4.78 is 5.23. The minimum Gasteiger partial charge on any atom is -0.497 e. The number of allylic oxidation sites excluding steroid dienone is 1. The molecular weight excluding hydrogens is 288 g/mol. The molecule has 4 rings (SSSR count). The zero-order valence-electron chi connectivity index (χ0n) is 13.6. The number of nitrogens with one attached hydrogen (secondary N) is 1. The van der Waals surface area contributed by atoms with Crippen LogP contribution in [0.1, 0.15) is 31.2 Å². The first kappa shape index (κ1) is 14.8. The molecule has 0 bridgehead atoms. The van der Waals surface area contributed by atoms with Gasteiger partial charge in [0.15, 0.2) is 0 Å². The summed E-state index contributed by atoms with van der Waals surface area (Å²) in [6, 6.07) is 8.15. The van der Waals surface area contributed by atoms with Gasteiger partial charge in [0.1, 0.15) is 17.4 Å². The van der Waals surface area contributed by atoms with E-state index in [1.54, 1.807) is 7.11 Å². The standard InChI is InChI=1S/C19H24N2O2/c1-23-15-7-5-13(6-8-15)11-21-17(12-22)16-4-2-3-14-9-10-20-19(21)18(14)16/h5-8,14,16,18-20H,2-4,9-11H2,1H3. The van der Waals surface area contributed by atoms with Crippen LogP contribution in [0, 0.1) is 17.8 Å². The molecule has 1 aromatic rings. The molecule has 1 N–H and O–H groups in total. The molecule has 0 radical (unpaired) electrons. The summed E-state index contributed by atoms with van der Waals surface area (Å²) in [4.78, 5) is 14.0. The molecule has 1 saturated carbocycles. The third-order valence-corrected chi connectivity index (χ3v) is 5.95. The van der Waals surface area contributed by atoms with Gasteiger partial charge in [-0.25, -0.2) is 4.79 Å². The van der Waals surface area contributed by atoms with E-state index in [-0.39, 0.29) is 0 Å². The first-order valence-electron chi connectivity index (χ1n) is 8.70. The number of nitrogens with zero attached hydrogens (tertiary/aromatic N) is 1. The molecule has 23 heavy (non-hydrogen) atoms. The quantitative estimate of drug-likeness (QED) is 0.871. The Morgan fingerprint density at radius 3 is 2.83 bits per heavy atom. The maximum atomic E-state index is 11.7. The number of hydrogen-bond donors (Lipinski definition) is 1. The van der Waals surface area contributed by atoms with Crippen LogP contribution < -0.4 is 10.1 Å².